The lowest BCUT2D eigenvalue weighted by Gasteiger charge is -2.20. The summed E-state index contributed by atoms with van der Waals surface area (Å²) in [5, 5.41) is 18.4. The number of aromatic nitrogens is 1. The van der Waals surface area contributed by atoms with E-state index in [4.69, 9.17) is 17.5 Å². The number of fused-ring (bicyclic) bond motifs is 1. The number of hydrogen-bond donors (Lipinski definition) is 4. The van der Waals surface area contributed by atoms with Gasteiger partial charge in [-0.25, -0.2) is 0 Å². The van der Waals surface area contributed by atoms with Crippen LogP contribution >= 0.6 is 12.2 Å². The Morgan fingerprint density at radius 1 is 1.15 bits per heavy atom. The lowest BCUT2D eigenvalue weighted by atomic mass is 10.0. The van der Waals surface area contributed by atoms with E-state index in [1.54, 1.807) is 0 Å². The van der Waals surface area contributed by atoms with Gasteiger partial charge >= 0.3 is 6.18 Å². The van der Waals surface area contributed by atoms with Crippen LogP contribution in [0.4, 0.5) is 18.9 Å². The number of carbonyl (C=O) groups is 1. The number of nitrogens with one attached hydrogen (secondary N) is 4. The number of H-pyrrole nitrogens is 1. The van der Waals surface area contributed by atoms with Crippen molar-refractivity contribution in [1.29, 1.82) is 5.26 Å². The molecule has 1 heterocycles. The zero-order valence-corrected chi connectivity index (χ0v) is 18.3. The van der Waals surface area contributed by atoms with E-state index in [0.717, 1.165) is 16.5 Å². The third-order valence-corrected chi connectivity index (χ3v) is 5.09. The second kappa shape index (κ2) is 10.8. The van der Waals surface area contributed by atoms with Crippen LogP contribution in [0.15, 0.2) is 54.7 Å². The van der Waals surface area contributed by atoms with Crippen molar-refractivity contribution in [2.45, 2.75) is 31.5 Å². The zero-order valence-electron chi connectivity index (χ0n) is 17.5. The van der Waals surface area contributed by atoms with E-state index in [-0.39, 0.29) is 29.5 Å². The first-order valence-electron chi connectivity index (χ1n) is 10.2. The molecule has 10 heteroatoms. The third-order valence-electron chi connectivity index (χ3n) is 4.87. The fourth-order valence-corrected chi connectivity index (χ4v) is 3.62. The maximum atomic E-state index is 12.8. The molecule has 0 aliphatic carbocycles. The Hall–Kier alpha value is -3.58. The molecule has 0 aliphatic heterocycles. The first-order chi connectivity index (χ1) is 15.7. The minimum atomic E-state index is -4.28. The maximum absolute atomic E-state index is 12.8. The molecule has 4 N–H and O–H groups in total. The van der Waals surface area contributed by atoms with Crippen molar-refractivity contribution in [2.75, 3.05) is 11.9 Å². The summed E-state index contributed by atoms with van der Waals surface area (Å²) in [7, 11) is 0. The zero-order chi connectivity index (χ0) is 23.8. The molecule has 3 rings (SSSR count). The Morgan fingerprint density at radius 3 is 2.58 bits per heavy atom. The number of thiocarbonyl (C=S) groups is 1. The highest BCUT2D eigenvalue weighted by Gasteiger charge is 2.27. The fourth-order valence-electron chi connectivity index (χ4n) is 3.36. The monoisotopic (exact) mass is 473 g/mol. The topological polar surface area (TPSA) is 92.7 Å². The van der Waals surface area contributed by atoms with Crippen molar-refractivity contribution < 1.29 is 18.0 Å². The SMILES string of the molecule is N#CCCNC(=O)C(Cc1c[nH]c2ccccc12)NC(=S)Nc1ccc(CC(F)(F)F)cc1. The van der Waals surface area contributed by atoms with Gasteiger partial charge in [0.2, 0.25) is 5.91 Å². The summed E-state index contributed by atoms with van der Waals surface area (Å²) in [6, 6.07) is 14.7. The Bertz CT molecular complexity index is 1150. The molecule has 0 aliphatic rings. The van der Waals surface area contributed by atoms with E-state index >= 15 is 0 Å². The molecule has 3 aromatic rings. The van der Waals surface area contributed by atoms with Gasteiger partial charge in [-0.1, -0.05) is 30.3 Å². The van der Waals surface area contributed by atoms with Crippen LogP contribution in [0.1, 0.15) is 17.5 Å². The van der Waals surface area contributed by atoms with E-state index in [2.05, 4.69) is 20.9 Å². The minimum Gasteiger partial charge on any atom is -0.361 e. The Morgan fingerprint density at radius 2 is 1.88 bits per heavy atom. The summed E-state index contributed by atoms with van der Waals surface area (Å²) in [5.74, 6) is -0.319. The predicted molar refractivity (Wildman–Crippen MR) is 125 cm³/mol. The van der Waals surface area contributed by atoms with Gasteiger partial charge in [0, 0.05) is 35.8 Å². The van der Waals surface area contributed by atoms with Gasteiger partial charge in [0.25, 0.3) is 0 Å². The smallest absolute Gasteiger partial charge is 0.361 e. The number of benzene rings is 2. The summed E-state index contributed by atoms with van der Waals surface area (Å²) in [6.07, 6.45) is -2.95. The molecule has 0 bridgehead atoms. The van der Waals surface area contributed by atoms with Gasteiger partial charge in [0.1, 0.15) is 6.04 Å². The van der Waals surface area contributed by atoms with Crippen molar-refractivity contribution >= 4 is 39.8 Å². The molecule has 172 valence electrons. The second-order valence-corrected chi connectivity index (χ2v) is 7.81. The van der Waals surface area contributed by atoms with Gasteiger partial charge in [-0.3, -0.25) is 4.79 Å². The molecular weight excluding hydrogens is 451 g/mol. The largest absolute Gasteiger partial charge is 0.393 e. The molecule has 2 aromatic carbocycles. The molecule has 0 fully saturated rings. The lowest BCUT2D eigenvalue weighted by Crippen LogP contribution is -2.49. The summed E-state index contributed by atoms with van der Waals surface area (Å²) in [5.41, 5.74) is 2.49. The van der Waals surface area contributed by atoms with Crippen LogP contribution in [0.5, 0.6) is 0 Å². The van der Waals surface area contributed by atoms with E-state index in [1.807, 2.05) is 36.5 Å². The summed E-state index contributed by atoms with van der Waals surface area (Å²) in [4.78, 5) is 15.9. The number of hydrogen-bond acceptors (Lipinski definition) is 3. The Labute approximate surface area is 194 Å². The second-order valence-electron chi connectivity index (χ2n) is 7.40. The van der Waals surface area contributed by atoms with Gasteiger partial charge in [-0.15, -0.1) is 0 Å². The summed E-state index contributed by atoms with van der Waals surface area (Å²) >= 11 is 5.34. The Kier molecular flexibility index (Phi) is 7.90. The van der Waals surface area contributed by atoms with Crippen LogP contribution in [0.3, 0.4) is 0 Å². The van der Waals surface area contributed by atoms with Gasteiger partial charge in [0.05, 0.1) is 18.9 Å². The van der Waals surface area contributed by atoms with Crippen LogP contribution in [0, 0.1) is 11.3 Å². The number of rotatable bonds is 8. The normalized spacial score (nSPS) is 12.1. The van der Waals surface area contributed by atoms with E-state index in [0.29, 0.717) is 12.1 Å². The molecule has 6 nitrogen and oxygen atoms in total. The molecule has 0 saturated carbocycles. The number of aromatic amines is 1. The highest BCUT2D eigenvalue weighted by Crippen LogP contribution is 2.22. The molecule has 0 radical (unpaired) electrons. The van der Waals surface area contributed by atoms with Crippen LogP contribution in [-0.2, 0) is 17.6 Å². The third kappa shape index (κ3) is 7.22. The molecule has 1 atom stereocenters. The Balaban J connectivity index is 1.69. The van der Waals surface area contributed by atoms with E-state index in [9.17, 15) is 18.0 Å². The molecule has 0 spiro atoms. The number of para-hydroxylation sites is 1. The van der Waals surface area contributed by atoms with Gasteiger partial charge in [0.15, 0.2) is 5.11 Å². The van der Waals surface area contributed by atoms with Crippen LogP contribution < -0.4 is 16.0 Å². The number of alkyl halides is 3. The molecule has 33 heavy (non-hydrogen) atoms. The lowest BCUT2D eigenvalue weighted by molar-refractivity contribution is -0.127. The number of carbonyl (C=O) groups excluding carboxylic acids is 1. The van der Waals surface area contributed by atoms with Gasteiger partial charge < -0.3 is 20.9 Å². The van der Waals surface area contributed by atoms with Crippen LogP contribution in [-0.4, -0.2) is 34.8 Å². The fraction of sp³-hybridized carbons (Fsp3) is 0.261. The first-order valence-corrected chi connectivity index (χ1v) is 10.6. The maximum Gasteiger partial charge on any atom is 0.393 e. The molecule has 1 amide bonds. The van der Waals surface area contributed by atoms with Crippen molar-refractivity contribution in [2.24, 2.45) is 0 Å². The van der Waals surface area contributed by atoms with Crippen LogP contribution in [0.25, 0.3) is 10.9 Å². The molecule has 0 saturated heterocycles. The number of nitriles is 1. The number of nitrogens with zero attached hydrogens (tertiary/aromatic N) is 1. The predicted octanol–water partition coefficient (Wildman–Crippen LogP) is 4.20. The quantitative estimate of drug-likeness (QED) is 0.291. The number of anilines is 1. The number of halogens is 3. The van der Waals surface area contributed by atoms with Crippen LogP contribution in [0.2, 0.25) is 0 Å². The summed E-state index contributed by atoms with van der Waals surface area (Å²) in [6.45, 7) is 0.211. The average molecular weight is 474 g/mol. The minimum absolute atomic E-state index is 0.140. The van der Waals surface area contributed by atoms with Crippen molar-refractivity contribution in [3.63, 3.8) is 0 Å². The summed E-state index contributed by atoms with van der Waals surface area (Å²) < 4.78 is 37.6. The van der Waals surface area contributed by atoms with E-state index in [1.165, 1.54) is 24.3 Å². The average Bonchev–Trinajstić information content (AvgIpc) is 3.17. The standard InChI is InChI=1S/C23H22F3N5OS/c24-23(25,26)13-15-6-8-17(9-7-15)30-22(33)31-20(21(32)28-11-3-10-27)12-16-14-29-19-5-2-1-4-18(16)19/h1-2,4-9,14,20,29H,3,11-13H2,(H,28,32)(H2,30,31,33). The highest BCUT2D eigenvalue weighted by molar-refractivity contribution is 7.80. The highest BCUT2D eigenvalue weighted by atomic mass is 32.1. The van der Waals surface area contributed by atoms with Gasteiger partial charge in [-0.2, -0.15) is 18.4 Å². The first kappa shape index (κ1) is 24.1. The van der Waals surface area contributed by atoms with Crippen molar-refractivity contribution in [3.8, 4) is 6.07 Å². The molecule has 1 aromatic heterocycles. The van der Waals surface area contributed by atoms with Gasteiger partial charge in [-0.05, 0) is 41.5 Å². The molecule has 1 unspecified atom stereocenters. The van der Waals surface area contributed by atoms with E-state index < -0.39 is 18.6 Å². The van der Waals surface area contributed by atoms with Crippen molar-refractivity contribution in [1.82, 2.24) is 15.6 Å². The number of amides is 1. The molecular formula is C23H22F3N5OS. The van der Waals surface area contributed by atoms with Crippen molar-refractivity contribution in [3.05, 3.63) is 65.9 Å².